The molecule has 2 fully saturated rings. The first-order valence-electron chi connectivity index (χ1n) is 38.1. The van der Waals surface area contributed by atoms with E-state index in [0.717, 1.165) is 21.8 Å². The topological polar surface area (TPSA) is 350 Å². The Morgan fingerprint density at radius 1 is 0.547 bits per heavy atom. The maximum Gasteiger partial charge on any atom is 0.248 e. The molecule has 28 heteroatoms. The van der Waals surface area contributed by atoms with Gasteiger partial charge in [-0.2, -0.15) is 0 Å². The third-order valence-electron chi connectivity index (χ3n) is 19.7. The fourth-order valence-electron chi connectivity index (χ4n) is 13.3. The van der Waals surface area contributed by atoms with Gasteiger partial charge in [0.25, 0.3) is 0 Å². The molecule has 8 N–H and O–H groups in total. The van der Waals surface area contributed by atoms with Crippen molar-refractivity contribution in [2.45, 2.75) is 233 Å². The van der Waals surface area contributed by atoms with Crippen molar-refractivity contribution in [3.05, 3.63) is 71.8 Å². The zero-order chi connectivity index (χ0) is 79.2. The van der Waals surface area contributed by atoms with Crippen LogP contribution < -0.4 is 26.6 Å². The lowest BCUT2D eigenvalue weighted by molar-refractivity contribution is -0.151. The van der Waals surface area contributed by atoms with Crippen molar-refractivity contribution in [2.75, 3.05) is 94.5 Å². The van der Waals surface area contributed by atoms with Crippen LogP contribution in [0.2, 0.25) is 0 Å². The fraction of sp³-hybridized carbons (Fsp3) is 0.705. The zero-order valence-corrected chi connectivity index (χ0v) is 66.2. The summed E-state index contributed by atoms with van der Waals surface area (Å²) in [5.41, 5.74) is 1.46. The van der Waals surface area contributed by atoms with Crippen LogP contribution in [0.4, 0.5) is 0 Å². The zero-order valence-electron chi connectivity index (χ0n) is 66.2. The molecule has 28 nitrogen and oxygen atoms in total. The van der Waals surface area contributed by atoms with E-state index < -0.39 is 170 Å². The van der Waals surface area contributed by atoms with Crippen LogP contribution in [0, 0.1) is 29.6 Å². The van der Waals surface area contributed by atoms with Gasteiger partial charge in [-0.25, -0.2) is 0 Å². The summed E-state index contributed by atoms with van der Waals surface area (Å²) in [4.78, 5) is 175. The highest BCUT2D eigenvalue weighted by molar-refractivity contribution is 5.99. The van der Waals surface area contributed by atoms with E-state index in [9.17, 15) is 39.3 Å². The molecule has 11 amide bonds. The van der Waals surface area contributed by atoms with E-state index in [0.29, 0.717) is 44.3 Å². The maximum absolute atomic E-state index is 15.7. The molecule has 12 atom stereocenters. The molecule has 0 saturated carbocycles. The standard InChI is InChI=1S/C78H128N12O16/c1-18-35-90-46-66(94)84(13)61(41-50(4)5)70(96)81-58(47-105-39-34-49(2)3)74(100)88(17)64(44-56-30-24-20-25-31-56)76(102)87(16)62(42-51(6)7)71(97)79-57(75(101)89-36-26-21-27-37-89)45-65(93)82-67(53(10)11)77(103)85(14)60(33-32-55-28-22-19-23-29-55)69(95)80-59(48-106-40-38-91)73(99)86(15)63(43-52(8)9)72(98)83-68(54(12)92)78(90)104/h19-20,22-25,28-31,49-54,57-64,67-68,71,79,91-92,97H,18,21,26-27,32-48H2,1-17H3,(H,80,95)(H,81,96)(H,82,93)(H,83,98)/t54-,57+,58+,59+,60+,61+,62+,63+,64+,67-,68+,71?/m1/s1. The van der Waals surface area contributed by atoms with Crippen LogP contribution in [0.1, 0.15) is 158 Å². The van der Waals surface area contributed by atoms with E-state index in [-0.39, 0.29) is 88.6 Å². The van der Waals surface area contributed by atoms with Crippen LogP contribution in [0.5, 0.6) is 0 Å². The van der Waals surface area contributed by atoms with Gasteiger partial charge >= 0.3 is 0 Å². The number of likely N-dealkylation sites (N-methyl/N-ethyl adjacent to an activating group) is 5. The summed E-state index contributed by atoms with van der Waals surface area (Å²) >= 11 is 0. The van der Waals surface area contributed by atoms with Crippen molar-refractivity contribution in [1.82, 2.24) is 60.9 Å². The molecule has 0 radical (unpaired) electrons. The van der Waals surface area contributed by atoms with Gasteiger partial charge in [0.05, 0.1) is 57.6 Å². The third-order valence-corrected chi connectivity index (χ3v) is 19.7. The van der Waals surface area contributed by atoms with Gasteiger partial charge in [-0.3, -0.25) is 58.1 Å². The Morgan fingerprint density at radius 3 is 1.56 bits per heavy atom. The molecule has 0 bridgehead atoms. The second kappa shape index (κ2) is 45.2. The van der Waals surface area contributed by atoms with E-state index in [1.807, 2.05) is 71.9 Å². The number of aryl methyl sites for hydroxylation is 1. The molecule has 106 heavy (non-hydrogen) atoms. The highest BCUT2D eigenvalue weighted by atomic mass is 16.5. The van der Waals surface area contributed by atoms with Crippen LogP contribution >= 0.6 is 0 Å². The van der Waals surface area contributed by atoms with E-state index in [1.165, 1.54) is 61.8 Å². The molecule has 2 aromatic carbocycles. The molecule has 4 rings (SSSR count). The van der Waals surface area contributed by atoms with Crippen molar-refractivity contribution < 1.29 is 77.5 Å². The Kier molecular flexibility index (Phi) is 38.7. The van der Waals surface area contributed by atoms with E-state index in [2.05, 4.69) is 26.6 Å². The normalized spacial score (nSPS) is 25.0. The number of nitrogens with zero attached hydrogens (tertiary/aromatic N) is 7. The van der Waals surface area contributed by atoms with Crippen molar-refractivity contribution in [3.63, 3.8) is 0 Å². The maximum atomic E-state index is 15.7. The molecule has 0 aromatic heterocycles. The van der Waals surface area contributed by atoms with Crippen LogP contribution in [0.25, 0.3) is 0 Å². The second-order valence-corrected chi connectivity index (χ2v) is 30.7. The number of nitrogens with one attached hydrogen (secondary N) is 5. The molecular formula is C78H128N12O16. The van der Waals surface area contributed by atoms with Gasteiger partial charge in [0, 0.05) is 67.9 Å². The minimum Gasteiger partial charge on any atom is -0.394 e. The lowest BCUT2D eigenvalue weighted by Crippen LogP contribution is -2.63. The molecule has 2 aliphatic rings. The summed E-state index contributed by atoms with van der Waals surface area (Å²) in [6.45, 7) is 20.1. The summed E-state index contributed by atoms with van der Waals surface area (Å²) in [5, 5.41) is 48.2. The first kappa shape index (κ1) is 90.8. The van der Waals surface area contributed by atoms with Crippen molar-refractivity contribution in [1.29, 1.82) is 0 Å². The summed E-state index contributed by atoms with van der Waals surface area (Å²) in [5.74, 6) is -9.36. The Hall–Kier alpha value is -7.63. The highest BCUT2D eigenvalue weighted by Crippen LogP contribution is 2.24. The summed E-state index contributed by atoms with van der Waals surface area (Å²) in [6, 6.07) is 4.22. The molecule has 596 valence electrons. The first-order chi connectivity index (χ1) is 50.0. The fourth-order valence-corrected chi connectivity index (χ4v) is 13.3. The molecule has 0 spiro atoms. The van der Waals surface area contributed by atoms with Crippen molar-refractivity contribution in [2.24, 2.45) is 29.6 Å². The summed E-state index contributed by atoms with van der Waals surface area (Å²) in [6.07, 6.45) is -0.375. The summed E-state index contributed by atoms with van der Waals surface area (Å²) < 4.78 is 11.9. The number of benzene rings is 2. The van der Waals surface area contributed by atoms with Gasteiger partial charge in [-0.05, 0) is 112 Å². The smallest absolute Gasteiger partial charge is 0.248 e. The third kappa shape index (κ3) is 28.2. The minimum absolute atomic E-state index is 0.00747. The average molecular weight is 1490 g/mol. The predicted octanol–water partition coefficient (Wildman–Crippen LogP) is 3.11. The van der Waals surface area contributed by atoms with Gasteiger partial charge in [-0.15, -0.1) is 0 Å². The van der Waals surface area contributed by atoms with E-state index >= 15 is 28.8 Å². The second-order valence-electron chi connectivity index (χ2n) is 30.7. The quantitative estimate of drug-likeness (QED) is 0.0662. The number of rotatable bonds is 25. The van der Waals surface area contributed by atoms with Crippen LogP contribution in [-0.4, -0.2) is 282 Å². The van der Waals surface area contributed by atoms with E-state index in [1.54, 1.807) is 69.9 Å². The van der Waals surface area contributed by atoms with Gasteiger partial charge in [0.2, 0.25) is 65.0 Å². The van der Waals surface area contributed by atoms with E-state index in [4.69, 9.17) is 9.47 Å². The monoisotopic (exact) mass is 1490 g/mol. The Morgan fingerprint density at radius 2 is 1.05 bits per heavy atom. The van der Waals surface area contributed by atoms with Crippen LogP contribution in [0.3, 0.4) is 0 Å². The number of amides is 11. The van der Waals surface area contributed by atoms with Gasteiger partial charge in [-0.1, -0.05) is 137 Å². The average Bonchev–Trinajstić information content (AvgIpc) is 0.811. The largest absolute Gasteiger partial charge is 0.394 e. The SMILES string of the molecule is CCCN1CC(=O)N(C)[C@@H](CC(C)C)C(=O)N[C@@H](COCCC(C)C)C(=O)N(C)[C@@H](Cc2ccccc2)C(=O)N(C)[C@@H](CC(C)C)C(O)N[C@H](C(=O)N2CCCCC2)CC(=O)N[C@H](C(C)C)C(=O)N(C)[C@@H](CCc2ccccc2)C(=O)N[C@@H](COCCO)C(=O)N(C)[C@@H](CC(C)C)C(=O)N[C@@H]([C@@H](C)O)C1=O. The molecule has 1 unspecified atom stereocenters. The minimum atomic E-state index is -1.70. The summed E-state index contributed by atoms with van der Waals surface area (Å²) in [7, 11) is 7.05. The molecule has 2 aromatic rings. The van der Waals surface area contributed by atoms with Gasteiger partial charge < -0.3 is 80.4 Å². The van der Waals surface area contributed by atoms with Crippen molar-refractivity contribution in [3.8, 4) is 0 Å². The lowest BCUT2D eigenvalue weighted by Gasteiger charge is -2.40. The van der Waals surface area contributed by atoms with Crippen LogP contribution in [0.15, 0.2) is 60.7 Å². The number of piperidine rings is 1. The lowest BCUT2D eigenvalue weighted by atomic mass is 9.97. The number of carbonyl (C=O) groups excluding carboxylic acids is 11. The van der Waals surface area contributed by atoms with Crippen LogP contribution in [-0.2, 0) is 75.1 Å². The number of hydrogen-bond acceptors (Lipinski definition) is 17. The Bertz CT molecular complexity index is 3120. The van der Waals surface area contributed by atoms with Crippen molar-refractivity contribution >= 4 is 65.0 Å². The first-order valence-corrected chi connectivity index (χ1v) is 38.1. The number of aliphatic hydroxyl groups excluding tert-OH is 3. The number of aliphatic hydroxyl groups is 3. The van der Waals surface area contributed by atoms with Gasteiger partial charge in [0.1, 0.15) is 54.6 Å². The molecule has 0 aliphatic carbocycles. The Labute approximate surface area is 629 Å². The number of ether oxygens (including phenoxy) is 2. The molecule has 2 heterocycles. The highest BCUT2D eigenvalue weighted by Gasteiger charge is 2.44. The number of likely N-dealkylation sites (tertiary alicyclic amines) is 1. The number of carbonyl (C=O) groups is 11. The molecular weight excluding hydrogens is 1360 g/mol. The van der Waals surface area contributed by atoms with Gasteiger partial charge in [0.15, 0.2) is 0 Å². The molecule has 2 saturated heterocycles. The molecule has 2 aliphatic heterocycles. The predicted molar refractivity (Wildman–Crippen MR) is 403 cm³/mol. The number of hydrogen-bond donors (Lipinski definition) is 8. The Balaban J connectivity index is 2.02.